The van der Waals surface area contributed by atoms with Crippen molar-refractivity contribution in [3.63, 3.8) is 0 Å². The molecule has 2 aromatic rings. The maximum absolute atomic E-state index is 9.91. The van der Waals surface area contributed by atoms with Crippen LogP contribution in [0.4, 0.5) is 5.69 Å². The average molecular weight is 348 g/mol. The number of phenolic OH excluding ortho intramolecular Hbond substituents is 1. The van der Waals surface area contributed by atoms with Crippen LogP contribution in [0, 0.1) is 11.8 Å². The first-order chi connectivity index (χ1) is 12.8. The van der Waals surface area contributed by atoms with Crippen molar-refractivity contribution in [1.29, 1.82) is 0 Å². The predicted octanol–water partition coefficient (Wildman–Crippen LogP) is 5.49. The van der Waals surface area contributed by atoms with Gasteiger partial charge in [-0.05, 0) is 97.7 Å². The first kappa shape index (κ1) is 16.2. The molecule has 0 aromatic heterocycles. The molecular weight excluding hydrogens is 318 g/mol. The Bertz CT molecular complexity index is 771. The van der Waals surface area contributed by atoms with E-state index in [1.807, 2.05) is 12.1 Å². The van der Waals surface area contributed by atoms with E-state index in [0.717, 1.165) is 18.3 Å². The fourth-order valence-corrected chi connectivity index (χ4v) is 5.34. The molecular formula is C24H29NO. The van der Waals surface area contributed by atoms with Crippen LogP contribution in [0.2, 0.25) is 0 Å². The molecule has 1 N–H and O–H groups in total. The molecule has 26 heavy (non-hydrogen) atoms. The van der Waals surface area contributed by atoms with Gasteiger partial charge < -0.3 is 10.0 Å². The maximum atomic E-state index is 9.91. The molecule has 2 fully saturated rings. The minimum absolute atomic E-state index is 0.410. The summed E-state index contributed by atoms with van der Waals surface area (Å²) in [7, 11) is 0. The lowest BCUT2D eigenvalue weighted by Crippen LogP contribution is -2.29. The summed E-state index contributed by atoms with van der Waals surface area (Å²) in [4.78, 5) is 2.54. The van der Waals surface area contributed by atoms with Gasteiger partial charge in [-0.1, -0.05) is 18.2 Å². The number of hydrogen-bond acceptors (Lipinski definition) is 2. The van der Waals surface area contributed by atoms with Gasteiger partial charge in [0, 0.05) is 24.7 Å². The van der Waals surface area contributed by atoms with Crippen LogP contribution < -0.4 is 4.90 Å². The summed E-state index contributed by atoms with van der Waals surface area (Å²) in [5, 5.41) is 9.91. The molecule has 1 aliphatic heterocycles. The van der Waals surface area contributed by atoms with Crippen LogP contribution in [0.15, 0.2) is 42.5 Å². The van der Waals surface area contributed by atoms with Gasteiger partial charge in [-0.2, -0.15) is 0 Å². The van der Waals surface area contributed by atoms with Crippen molar-refractivity contribution in [2.75, 3.05) is 18.0 Å². The van der Waals surface area contributed by atoms with Gasteiger partial charge in [0.15, 0.2) is 0 Å². The second kappa shape index (κ2) is 6.64. The number of benzene rings is 2. The summed E-state index contributed by atoms with van der Waals surface area (Å²) >= 11 is 0. The highest BCUT2D eigenvalue weighted by atomic mass is 16.3. The van der Waals surface area contributed by atoms with Gasteiger partial charge in [0.2, 0.25) is 0 Å². The zero-order chi connectivity index (χ0) is 17.5. The van der Waals surface area contributed by atoms with Crippen LogP contribution in [0.1, 0.15) is 61.1 Å². The fourth-order valence-electron chi connectivity index (χ4n) is 5.34. The van der Waals surface area contributed by atoms with Crippen LogP contribution in [-0.2, 0) is 6.42 Å². The Kier molecular flexibility index (Phi) is 4.15. The van der Waals surface area contributed by atoms with Gasteiger partial charge in [0.1, 0.15) is 5.75 Å². The SMILES string of the molecule is Oc1ccc2c(c1)CC[C@H](C1CC1)[C@@H]2c1ccc(N2CCCCC2)cc1. The van der Waals surface area contributed by atoms with Crippen molar-refractivity contribution < 1.29 is 5.11 Å². The molecule has 2 atom stereocenters. The van der Waals surface area contributed by atoms with Gasteiger partial charge in [-0.3, -0.25) is 0 Å². The van der Waals surface area contributed by atoms with Crippen molar-refractivity contribution in [2.24, 2.45) is 11.8 Å². The summed E-state index contributed by atoms with van der Waals surface area (Å²) < 4.78 is 0. The van der Waals surface area contributed by atoms with Crippen LogP contribution in [0.3, 0.4) is 0 Å². The average Bonchev–Trinajstić information content (AvgIpc) is 3.53. The molecule has 2 nitrogen and oxygen atoms in total. The number of nitrogens with zero attached hydrogens (tertiary/aromatic N) is 1. The molecule has 2 heteroatoms. The van der Waals surface area contributed by atoms with E-state index in [1.165, 1.54) is 74.0 Å². The molecule has 0 spiro atoms. The normalized spacial score (nSPS) is 25.8. The minimum Gasteiger partial charge on any atom is -0.508 e. The molecule has 2 aliphatic carbocycles. The third kappa shape index (κ3) is 3.00. The van der Waals surface area contributed by atoms with Crippen molar-refractivity contribution in [2.45, 2.75) is 50.9 Å². The van der Waals surface area contributed by atoms with E-state index in [4.69, 9.17) is 0 Å². The van der Waals surface area contributed by atoms with Gasteiger partial charge >= 0.3 is 0 Å². The molecule has 0 radical (unpaired) electrons. The van der Waals surface area contributed by atoms with Gasteiger partial charge in [-0.15, -0.1) is 0 Å². The van der Waals surface area contributed by atoms with Crippen molar-refractivity contribution in [3.05, 3.63) is 59.2 Å². The molecule has 1 saturated carbocycles. The Hall–Kier alpha value is -1.96. The Morgan fingerprint density at radius 2 is 1.62 bits per heavy atom. The van der Waals surface area contributed by atoms with Gasteiger partial charge in [0.25, 0.3) is 0 Å². The standard InChI is InChI=1S/C24H29NO/c26-21-11-13-23-19(16-21)8-12-22(17-4-5-17)24(23)18-6-9-20(10-7-18)25-14-2-1-3-15-25/h6-7,9-11,13,16-17,22,24,26H,1-5,8,12,14-15H2/t22-,24+/m1/s1. The van der Waals surface area contributed by atoms with Crippen LogP contribution in [0.5, 0.6) is 5.75 Å². The summed E-state index contributed by atoms with van der Waals surface area (Å²) in [6.07, 6.45) is 9.22. The van der Waals surface area contributed by atoms with Crippen LogP contribution in [-0.4, -0.2) is 18.2 Å². The Morgan fingerprint density at radius 3 is 2.35 bits per heavy atom. The van der Waals surface area contributed by atoms with Crippen molar-refractivity contribution in [1.82, 2.24) is 0 Å². The highest BCUT2D eigenvalue weighted by molar-refractivity contribution is 5.51. The summed E-state index contributed by atoms with van der Waals surface area (Å²) in [5.74, 6) is 2.59. The molecule has 1 saturated heterocycles. The number of aryl methyl sites for hydroxylation is 1. The smallest absolute Gasteiger partial charge is 0.115 e. The predicted molar refractivity (Wildman–Crippen MR) is 107 cm³/mol. The van der Waals surface area contributed by atoms with Crippen molar-refractivity contribution in [3.8, 4) is 5.75 Å². The number of hydrogen-bond donors (Lipinski definition) is 1. The fraction of sp³-hybridized carbons (Fsp3) is 0.500. The van der Waals surface area contributed by atoms with Crippen LogP contribution in [0.25, 0.3) is 0 Å². The maximum Gasteiger partial charge on any atom is 0.115 e. The van der Waals surface area contributed by atoms with Crippen molar-refractivity contribution >= 4 is 5.69 Å². The molecule has 0 amide bonds. The highest BCUT2D eigenvalue weighted by Gasteiger charge is 2.40. The third-order valence-electron chi connectivity index (χ3n) is 6.84. The zero-order valence-corrected chi connectivity index (χ0v) is 15.5. The Balaban J connectivity index is 1.48. The van der Waals surface area contributed by atoms with E-state index in [0.29, 0.717) is 11.7 Å². The van der Waals surface area contributed by atoms with E-state index in [-0.39, 0.29) is 0 Å². The van der Waals surface area contributed by atoms with E-state index < -0.39 is 0 Å². The lowest BCUT2D eigenvalue weighted by molar-refractivity contribution is 0.361. The topological polar surface area (TPSA) is 23.5 Å². The number of rotatable bonds is 3. The Labute approximate surface area is 156 Å². The number of piperidine rings is 1. The second-order valence-electron chi connectivity index (χ2n) is 8.54. The monoisotopic (exact) mass is 347 g/mol. The number of phenols is 1. The lowest BCUT2D eigenvalue weighted by Gasteiger charge is -2.35. The molecule has 1 heterocycles. The number of fused-ring (bicyclic) bond motifs is 1. The summed E-state index contributed by atoms with van der Waals surface area (Å²) in [6, 6.07) is 15.5. The molecule has 0 bridgehead atoms. The quantitative estimate of drug-likeness (QED) is 0.794. The zero-order valence-electron chi connectivity index (χ0n) is 15.5. The highest BCUT2D eigenvalue weighted by Crippen LogP contribution is 2.52. The lowest BCUT2D eigenvalue weighted by atomic mass is 9.70. The first-order valence-electron chi connectivity index (χ1n) is 10.5. The second-order valence-corrected chi connectivity index (χ2v) is 8.54. The first-order valence-corrected chi connectivity index (χ1v) is 10.5. The summed E-state index contributed by atoms with van der Waals surface area (Å²) in [5.41, 5.74) is 5.66. The number of anilines is 1. The van der Waals surface area contributed by atoms with Gasteiger partial charge in [-0.25, -0.2) is 0 Å². The van der Waals surface area contributed by atoms with Crippen LogP contribution >= 0.6 is 0 Å². The molecule has 3 aliphatic rings. The number of aromatic hydroxyl groups is 1. The van der Waals surface area contributed by atoms with E-state index in [1.54, 1.807) is 0 Å². The third-order valence-corrected chi connectivity index (χ3v) is 6.84. The molecule has 5 rings (SSSR count). The van der Waals surface area contributed by atoms with E-state index in [9.17, 15) is 5.11 Å². The molecule has 0 unspecified atom stereocenters. The Morgan fingerprint density at radius 1 is 0.846 bits per heavy atom. The van der Waals surface area contributed by atoms with Gasteiger partial charge in [0.05, 0.1) is 0 Å². The largest absolute Gasteiger partial charge is 0.508 e. The molecule has 136 valence electrons. The summed E-state index contributed by atoms with van der Waals surface area (Å²) in [6.45, 7) is 2.41. The van der Waals surface area contributed by atoms with E-state index >= 15 is 0 Å². The minimum atomic E-state index is 0.410. The molecule has 2 aromatic carbocycles. The van der Waals surface area contributed by atoms with E-state index in [2.05, 4.69) is 35.2 Å².